The number of benzene rings is 2. The average molecular weight is 468 g/mol. The maximum atomic E-state index is 11.8. The zero-order chi connectivity index (χ0) is 24.1. The van der Waals surface area contributed by atoms with Crippen molar-refractivity contribution in [1.29, 1.82) is 0 Å². The van der Waals surface area contributed by atoms with E-state index in [2.05, 4.69) is 5.32 Å². The van der Waals surface area contributed by atoms with Crippen molar-refractivity contribution in [2.24, 2.45) is 0 Å². The molecule has 1 saturated heterocycles. The first-order valence-electron chi connectivity index (χ1n) is 11.8. The Kier molecular flexibility index (Phi) is 7.26. The molecular formula is C26H33N3O5. The largest absolute Gasteiger partial charge is 0.508 e. The van der Waals surface area contributed by atoms with Crippen molar-refractivity contribution < 1.29 is 24.1 Å². The van der Waals surface area contributed by atoms with Crippen LogP contribution >= 0.6 is 0 Å². The van der Waals surface area contributed by atoms with E-state index in [0.29, 0.717) is 19.6 Å². The van der Waals surface area contributed by atoms with Crippen molar-refractivity contribution in [2.75, 3.05) is 19.8 Å². The molecule has 34 heavy (non-hydrogen) atoms. The van der Waals surface area contributed by atoms with E-state index in [4.69, 9.17) is 19.3 Å². The summed E-state index contributed by atoms with van der Waals surface area (Å²) in [6.45, 7) is 7.13. The quantitative estimate of drug-likeness (QED) is 0.452. The third-order valence-electron chi connectivity index (χ3n) is 5.48. The Bertz CT molecular complexity index is 1130. The summed E-state index contributed by atoms with van der Waals surface area (Å²) in [5.74, 6) is 0.911. The van der Waals surface area contributed by atoms with E-state index in [9.17, 15) is 9.90 Å². The second-order valence-corrected chi connectivity index (χ2v) is 9.47. The first kappa shape index (κ1) is 23.9. The van der Waals surface area contributed by atoms with E-state index in [1.54, 1.807) is 12.1 Å². The number of hydrogen-bond acceptors (Lipinski definition) is 6. The van der Waals surface area contributed by atoms with Crippen molar-refractivity contribution in [3.05, 3.63) is 42.5 Å². The summed E-state index contributed by atoms with van der Waals surface area (Å²) in [7, 11) is 0. The Morgan fingerprint density at radius 1 is 1.24 bits per heavy atom. The van der Waals surface area contributed by atoms with Crippen molar-refractivity contribution in [3.8, 4) is 22.8 Å². The molecule has 0 aliphatic carbocycles. The lowest BCUT2D eigenvalue weighted by atomic mass is 10.1. The third-order valence-corrected chi connectivity index (χ3v) is 5.48. The van der Waals surface area contributed by atoms with Crippen LogP contribution in [0.1, 0.15) is 52.7 Å². The fraction of sp³-hybridized carbons (Fsp3) is 0.462. The topological polar surface area (TPSA) is 94.8 Å². The highest BCUT2D eigenvalue weighted by Crippen LogP contribution is 2.35. The molecule has 182 valence electrons. The fourth-order valence-corrected chi connectivity index (χ4v) is 3.98. The number of ether oxygens (including phenoxy) is 3. The standard InChI is InChI=1S/C26H33N3O5/c1-26(2,3)34-25(31)27-13-7-15-32-20-11-12-22-21(17-20)24(18-8-6-9-19(30)16-18)28-29(22)23-10-4-5-14-33-23/h6,8-9,11-12,16-17,23,30H,4-5,7,10,13-15H2,1-3H3,(H,27,31). The zero-order valence-electron chi connectivity index (χ0n) is 20.0. The normalized spacial score (nSPS) is 16.4. The Hall–Kier alpha value is -3.26. The van der Waals surface area contributed by atoms with Crippen LogP contribution in [0.4, 0.5) is 4.79 Å². The van der Waals surface area contributed by atoms with E-state index in [1.807, 2.05) is 55.8 Å². The monoisotopic (exact) mass is 467 g/mol. The first-order valence-corrected chi connectivity index (χ1v) is 11.8. The van der Waals surface area contributed by atoms with Crippen LogP contribution < -0.4 is 10.1 Å². The molecule has 2 aromatic carbocycles. The lowest BCUT2D eigenvalue weighted by Gasteiger charge is -2.23. The van der Waals surface area contributed by atoms with Crippen molar-refractivity contribution >= 4 is 17.0 Å². The summed E-state index contributed by atoms with van der Waals surface area (Å²) in [5, 5.41) is 18.6. The van der Waals surface area contributed by atoms with Gasteiger partial charge in [-0.15, -0.1) is 0 Å². The molecule has 0 bridgehead atoms. The maximum Gasteiger partial charge on any atom is 0.407 e. The summed E-state index contributed by atoms with van der Waals surface area (Å²) >= 11 is 0. The predicted molar refractivity (Wildman–Crippen MR) is 130 cm³/mol. The van der Waals surface area contributed by atoms with Crippen molar-refractivity contribution in [2.45, 2.75) is 58.3 Å². The number of nitrogens with one attached hydrogen (secondary N) is 1. The number of amides is 1. The van der Waals surface area contributed by atoms with Gasteiger partial charge in [-0.1, -0.05) is 12.1 Å². The number of carbonyl (C=O) groups excluding carboxylic acids is 1. The molecule has 1 aliphatic rings. The van der Waals surface area contributed by atoms with Gasteiger partial charge >= 0.3 is 6.09 Å². The molecule has 8 nitrogen and oxygen atoms in total. The second kappa shape index (κ2) is 10.3. The highest BCUT2D eigenvalue weighted by atomic mass is 16.6. The van der Waals surface area contributed by atoms with E-state index in [0.717, 1.165) is 53.8 Å². The average Bonchev–Trinajstić information content (AvgIpc) is 3.17. The van der Waals surface area contributed by atoms with Gasteiger partial charge in [0.05, 0.1) is 12.1 Å². The highest BCUT2D eigenvalue weighted by Gasteiger charge is 2.22. The molecule has 0 radical (unpaired) electrons. The van der Waals surface area contributed by atoms with Crippen LogP contribution in [0.15, 0.2) is 42.5 Å². The molecule has 2 heterocycles. The highest BCUT2D eigenvalue weighted by molar-refractivity contribution is 5.94. The van der Waals surface area contributed by atoms with Crippen LogP contribution in [-0.2, 0) is 9.47 Å². The Morgan fingerprint density at radius 2 is 2.09 bits per heavy atom. The minimum atomic E-state index is -0.518. The molecular weight excluding hydrogens is 434 g/mol. The van der Waals surface area contributed by atoms with Gasteiger partial charge in [0, 0.05) is 24.1 Å². The number of phenols is 1. The van der Waals surface area contributed by atoms with Crippen molar-refractivity contribution in [3.63, 3.8) is 0 Å². The van der Waals surface area contributed by atoms with E-state index < -0.39 is 11.7 Å². The fourth-order valence-electron chi connectivity index (χ4n) is 3.98. The molecule has 1 fully saturated rings. The molecule has 1 aromatic heterocycles. The summed E-state index contributed by atoms with van der Waals surface area (Å²) in [5.41, 5.74) is 2.05. The number of aromatic nitrogens is 2. The van der Waals surface area contributed by atoms with Crippen LogP contribution in [-0.4, -0.2) is 46.3 Å². The van der Waals surface area contributed by atoms with Crippen LogP contribution in [0.3, 0.4) is 0 Å². The molecule has 2 N–H and O–H groups in total. The number of aromatic hydroxyl groups is 1. The van der Waals surface area contributed by atoms with Gasteiger partial charge < -0.3 is 24.6 Å². The maximum absolute atomic E-state index is 11.8. The molecule has 1 aliphatic heterocycles. The van der Waals surface area contributed by atoms with Gasteiger partial charge in [-0.05, 0) is 76.8 Å². The van der Waals surface area contributed by atoms with Gasteiger partial charge in [0.25, 0.3) is 0 Å². The lowest BCUT2D eigenvalue weighted by Crippen LogP contribution is -2.33. The minimum Gasteiger partial charge on any atom is -0.508 e. The number of alkyl carbamates (subject to hydrolysis) is 1. The molecule has 0 spiro atoms. The summed E-state index contributed by atoms with van der Waals surface area (Å²) in [4.78, 5) is 11.8. The number of fused-ring (bicyclic) bond motifs is 1. The van der Waals surface area contributed by atoms with Crippen LogP contribution in [0.2, 0.25) is 0 Å². The van der Waals surface area contributed by atoms with Crippen LogP contribution in [0.5, 0.6) is 11.5 Å². The molecule has 1 unspecified atom stereocenters. The zero-order valence-corrected chi connectivity index (χ0v) is 20.0. The molecule has 4 rings (SSSR count). The summed E-state index contributed by atoms with van der Waals surface area (Å²) in [6, 6.07) is 13.0. The van der Waals surface area contributed by atoms with Crippen LogP contribution in [0, 0.1) is 0 Å². The third kappa shape index (κ3) is 5.99. The predicted octanol–water partition coefficient (Wildman–Crippen LogP) is 5.40. The molecule has 0 saturated carbocycles. The summed E-state index contributed by atoms with van der Waals surface area (Å²) < 4.78 is 19.1. The SMILES string of the molecule is CC(C)(C)OC(=O)NCCCOc1ccc2c(c1)c(-c1cccc(O)c1)nn2C1CCCCO1. The number of phenolic OH excluding ortho intramolecular Hbond substituents is 1. The van der Waals surface area contributed by atoms with Gasteiger partial charge in [0.15, 0.2) is 6.23 Å². The number of rotatable bonds is 7. The first-order chi connectivity index (χ1) is 16.3. The number of carbonyl (C=O) groups is 1. The summed E-state index contributed by atoms with van der Waals surface area (Å²) in [6.07, 6.45) is 3.20. The second-order valence-electron chi connectivity index (χ2n) is 9.47. The number of hydrogen-bond donors (Lipinski definition) is 2. The van der Waals surface area contributed by atoms with Gasteiger partial charge in [-0.25, -0.2) is 9.48 Å². The Labute approximate surface area is 199 Å². The molecule has 3 aromatic rings. The molecule has 8 heteroatoms. The lowest BCUT2D eigenvalue weighted by molar-refractivity contribution is -0.0365. The minimum absolute atomic E-state index is 0.104. The van der Waals surface area contributed by atoms with Gasteiger partial charge in [-0.2, -0.15) is 5.10 Å². The van der Waals surface area contributed by atoms with E-state index >= 15 is 0 Å². The smallest absolute Gasteiger partial charge is 0.407 e. The Morgan fingerprint density at radius 3 is 2.82 bits per heavy atom. The van der Waals surface area contributed by atoms with E-state index in [-0.39, 0.29) is 12.0 Å². The van der Waals surface area contributed by atoms with Gasteiger partial charge in [-0.3, -0.25) is 0 Å². The molecule has 1 amide bonds. The van der Waals surface area contributed by atoms with Crippen LogP contribution in [0.25, 0.3) is 22.2 Å². The number of nitrogens with zero attached hydrogens (tertiary/aromatic N) is 2. The van der Waals surface area contributed by atoms with Crippen molar-refractivity contribution in [1.82, 2.24) is 15.1 Å². The van der Waals surface area contributed by atoms with Gasteiger partial charge in [0.2, 0.25) is 0 Å². The molecule has 1 atom stereocenters. The van der Waals surface area contributed by atoms with Gasteiger partial charge in [0.1, 0.15) is 22.8 Å². The van der Waals surface area contributed by atoms with E-state index in [1.165, 1.54) is 0 Å². The Balaban J connectivity index is 1.49.